The number of carbonyl (C=O) groups excluding carboxylic acids is 2. The van der Waals surface area contributed by atoms with Crippen molar-refractivity contribution in [3.8, 4) is 0 Å². The average molecular weight is 441 g/mol. The normalized spacial score (nSPS) is 17.4. The number of nitrogens with one attached hydrogen (secondary N) is 3. The lowest BCUT2D eigenvalue weighted by Crippen LogP contribution is -2.58. The smallest absolute Gasteiger partial charge is 0.243 e. The Morgan fingerprint density at radius 1 is 1.10 bits per heavy atom. The van der Waals surface area contributed by atoms with Crippen LogP contribution in [0.4, 0.5) is 0 Å². The summed E-state index contributed by atoms with van der Waals surface area (Å²) in [6, 6.07) is 14.8. The lowest BCUT2D eigenvalue weighted by Gasteiger charge is -2.33. The minimum absolute atomic E-state index is 0.106. The molecule has 0 saturated carbocycles. The number of piperazine rings is 1. The van der Waals surface area contributed by atoms with Crippen LogP contribution < -0.4 is 10.6 Å². The van der Waals surface area contributed by atoms with Crippen LogP contribution >= 0.6 is 0 Å². The largest absolute Gasteiger partial charge is 0.361 e. The summed E-state index contributed by atoms with van der Waals surface area (Å²) in [4.78, 5) is 28.3. The third-order valence-electron chi connectivity index (χ3n) is 5.40. The summed E-state index contributed by atoms with van der Waals surface area (Å²) in [5.74, 6) is -0.826. The van der Waals surface area contributed by atoms with E-state index in [2.05, 4.69) is 15.6 Å². The van der Waals surface area contributed by atoms with Crippen LogP contribution in [0.15, 0.2) is 65.7 Å². The monoisotopic (exact) mass is 440 g/mol. The van der Waals surface area contributed by atoms with E-state index in [0.717, 1.165) is 20.8 Å². The molecule has 3 aromatic rings. The second kappa shape index (κ2) is 8.91. The summed E-state index contributed by atoms with van der Waals surface area (Å²) in [5.41, 5.74) is 2.11. The average Bonchev–Trinajstić information content (AvgIpc) is 3.19. The number of fused-ring (bicyclic) bond motifs is 1. The van der Waals surface area contributed by atoms with Crippen LogP contribution in [0.5, 0.6) is 0 Å². The zero-order chi connectivity index (χ0) is 21.8. The molecule has 1 fully saturated rings. The fourth-order valence-corrected chi connectivity index (χ4v) is 5.44. The van der Waals surface area contributed by atoms with Crippen molar-refractivity contribution in [1.82, 2.24) is 19.9 Å². The van der Waals surface area contributed by atoms with E-state index in [0.29, 0.717) is 13.0 Å². The highest BCUT2D eigenvalue weighted by Gasteiger charge is 2.39. The Bertz CT molecular complexity index is 1190. The van der Waals surface area contributed by atoms with Crippen molar-refractivity contribution >= 4 is 32.7 Å². The number of aromatic nitrogens is 1. The molecule has 0 bridgehead atoms. The van der Waals surface area contributed by atoms with Gasteiger partial charge in [-0.3, -0.25) is 9.59 Å². The van der Waals surface area contributed by atoms with E-state index in [1.165, 1.54) is 12.1 Å². The van der Waals surface area contributed by atoms with Crippen molar-refractivity contribution in [3.05, 3.63) is 66.4 Å². The first-order valence-corrected chi connectivity index (χ1v) is 11.6. The van der Waals surface area contributed by atoms with E-state index in [1.54, 1.807) is 18.2 Å². The van der Waals surface area contributed by atoms with Crippen LogP contribution in [0.2, 0.25) is 0 Å². The minimum atomic E-state index is -3.88. The van der Waals surface area contributed by atoms with Gasteiger partial charge in [-0.1, -0.05) is 36.4 Å². The number of H-pyrrole nitrogens is 1. The number of hydrogen-bond acceptors (Lipinski definition) is 4. The quantitative estimate of drug-likeness (QED) is 0.516. The summed E-state index contributed by atoms with van der Waals surface area (Å²) in [5, 5.41) is 6.57. The van der Waals surface area contributed by atoms with E-state index >= 15 is 0 Å². The Hall–Kier alpha value is -3.17. The lowest BCUT2D eigenvalue weighted by molar-refractivity contribution is -0.131. The Kier molecular flexibility index (Phi) is 6.06. The zero-order valence-corrected chi connectivity index (χ0v) is 17.7. The highest BCUT2D eigenvalue weighted by molar-refractivity contribution is 7.89. The first-order chi connectivity index (χ1) is 15.0. The Morgan fingerprint density at radius 2 is 1.84 bits per heavy atom. The van der Waals surface area contributed by atoms with E-state index in [-0.39, 0.29) is 30.3 Å². The molecule has 0 spiro atoms. The minimum Gasteiger partial charge on any atom is -0.361 e. The van der Waals surface area contributed by atoms with Crippen LogP contribution in [0.3, 0.4) is 0 Å². The van der Waals surface area contributed by atoms with E-state index < -0.39 is 22.0 Å². The number of carbonyl (C=O) groups is 2. The van der Waals surface area contributed by atoms with Crippen LogP contribution in [-0.2, 0) is 26.0 Å². The van der Waals surface area contributed by atoms with Crippen molar-refractivity contribution in [2.45, 2.75) is 23.8 Å². The van der Waals surface area contributed by atoms with Gasteiger partial charge in [0.2, 0.25) is 21.8 Å². The van der Waals surface area contributed by atoms with Gasteiger partial charge in [-0.25, -0.2) is 8.42 Å². The van der Waals surface area contributed by atoms with Crippen LogP contribution in [0.1, 0.15) is 12.0 Å². The topological polar surface area (TPSA) is 111 Å². The molecule has 31 heavy (non-hydrogen) atoms. The molecule has 2 amide bonds. The fourth-order valence-electron chi connectivity index (χ4n) is 3.83. The van der Waals surface area contributed by atoms with E-state index in [9.17, 15) is 18.0 Å². The maximum absolute atomic E-state index is 13.0. The Labute approximate surface area is 180 Å². The van der Waals surface area contributed by atoms with Crippen LogP contribution in [0.25, 0.3) is 10.9 Å². The standard InChI is InChI=1S/C22H24N4O4S/c27-21(23-11-10-16-15-25-19-9-5-4-8-18(16)19)14-20-22(28)24-12-13-26(20)31(29,30)17-6-2-1-3-7-17/h1-9,15,20,25H,10-14H2,(H,23,27)(H,24,28)/t20-/m1/s1. The molecule has 4 rings (SSSR count). The van der Waals surface area contributed by atoms with Gasteiger partial charge < -0.3 is 15.6 Å². The molecule has 3 N–H and O–H groups in total. The van der Waals surface area contributed by atoms with Crippen molar-refractivity contribution in [2.75, 3.05) is 19.6 Å². The second-order valence-electron chi connectivity index (χ2n) is 7.40. The third-order valence-corrected chi connectivity index (χ3v) is 7.32. The number of amides is 2. The first kappa shape index (κ1) is 21.1. The predicted octanol–water partition coefficient (Wildman–Crippen LogP) is 1.41. The van der Waals surface area contributed by atoms with Gasteiger partial charge in [0.1, 0.15) is 6.04 Å². The molecule has 8 nitrogen and oxygen atoms in total. The third kappa shape index (κ3) is 4.47. The number of rotatable bonds is 7. The van der Waals surface area contributed by atoms with Crippen molar-refractivity contribution in [2.24, 2.45) is 0 Å². The maximum atomic E-state index is 13.0. The second-order valence-corrected chi connectivity index (χ2v) is 9.29. The van der Waals surface area contributed by atoms with Gasteiger partial charge in [0.25, 0.3) is 0 Å². The Balaban J connectivity index is 1.41. The molecule has 2 aromatic carbocycles. The number of para-hydroxylation sites is 1. The zero-order valence-electron chi connectivity index (χ0n) is 16.9. The predicted molar refractivity (Wildman–Crippen MR) is 117 cm³/mol. The number of benzene rings is 2. The Morgan fingerprint density at radius 3 is 2.65 bits per heavy atom. The van der Waals surface area contributed by atoms with Gasteiger partial charge in [0, 0.05) is 36.7 Å². The van der Waals surface area contributed by atoms with Gasteiger partial charge in [0.05, 0.1) is 11.3 Å². The van der Waals surface area contributed by atoms with E-state index in [1.807, 2.05) is 30.5 Å². The van der Waals surface area contributed by atoms with Gasteiger partial charge >= 0.3 is 0 Å². The molecule has 1 atom stereocenters. The summed E-state index contributed by atoms with van der Waals surface area (Å²) < 4.78 is 27.2. The lowest BCUT2D eigenvalue weighted by atomic mass is 10.1. The molecule has 0 unspecified atom stereocenters. The first-order valence-electron chi connectivity index (χ1n) is 10.1. The molecular formula is C22H24N4O4S. The number of sulfonamides is 1. The van der Waals surface area contributed by atoms with Crippen molar-refractivity contribution in [3.63, 3.8) is 0 Å². The molecule has 1 saturated heterocycles. The van der Waals surface area contributed by atoms with Crippen LogP contribution in [-0.4, -0.2) is 55.2 Å². The molecule has 0 aliphatic carbocycles. The summed E-state index contributed by atoms with van der Waals surface area (Å²) in [7, 11) is -3.88. The number of nitrogens with zero attached hydrogens (tertiary/aromatic N) is 1. The van der Waals surface area contributed by atoms with Gasteiger partial charge in [-0.05, 0) is 30.2 Å². The van der Waals surface area contributed by atoms with Crippen molar-refractivity contribution < 1.29 is 18.0 Å². The van der Waals surface area contributed by atoms with Crippen molar-refractivity contribution in [1.29, 1.82) is 0 Å². The number of hydrogen-bond donors (Lipinski definition) is 3. The highest BCUT2D eigenvalue weighted by atomic mass is 32.2. The highest BCUT2D eigenvalue weighted by Crippen LogP contribution is 2.21. The van der Waals surface area contributed by atoms with Crippen LogP contribution in [0, 0.1) is 0 Å². The fraction of sp³-hybridized carbons (Fsp3) is 0.273. The summed E-state index contributed by atoms with van der Waals surface area (Å²) in [6.45, 7) is 0.723. The molecule has 0 radical (unpaired) electrons. The number of aromatic amines is 1. The summed E-state index contributed by atoms with van der Waals surface area (Å²) in [6.07, 6.45) is 2.31. The molecule has 162 valence electrons. The van der Waals surface area contributed by atoms with Gasteiger partial charge in [-0.15, -0.1) is 0 Å². The molecule has 1 aromatic heterocycles. The molecule has 9 heteroatoms. The molecule has 1 aliphatic heterocycles. The molecule has 2 heterocycles. The van der Waals surface area contributed by atoms with E-state index in [4.69, 9.17) is 0 Å². The SMILES string of the molecule is O=C(C[C@@H]1C(=O)NCCN1S(=O)(=O)c1ccccc1)NCCc1c[nH]c2ccccc12. The summed E-state index contributed by atoms with van der Waals surface area (Å²) >= 11 is 0. The molecule has 1 aliphatic rings. The molecular weight excluding hydrogens is 416 g/mol. The van der Waals surface area contributed by atoms with Gasteiger partial charge in [0.15, 0.2) is 0 Å². The van der Waals surface area contributed by atoms with Gasteiger partial charge in [-0.2, -0.15) is 4.31 Å². The maximum Gasteiger partial charge on any atom is 0.243 e.